The monoisotopic (exact) mass is 868 g/mol. The number of carboxylic acid groups (broad SMARTS) is 2. The molecule has 61 heavy (non-hydrogen) atoms. The van der Waals surface area contributed by atoms with Crippen LogP contribution >= 0.6 is 23.2 Å². The quantitative estimate of drug-likeness (QED) is 0.0929. The molecule has 5 N–H and O–H groups in total. The first-order chi connectivity index (χ1) is 29.2. The van der Waals surface area contributed by atoms with Crippen LogP contribution in [0, 0.1) is 10.8 Å². The minimum absolute atomic E-state index is 0.0432. The lowest BCUT2D eigenvalue weighted by Crippen LogP contribution is -2.34. The van der Waals surface area contributed by atoms with Gasteiger partial charge < -0.3 is 30.0 Å². The van der Waals surface area contributed by atoms with Crippen molar-refractivity contribution in [2.75, 3.05) is 30.3 Å². The first-order valence-corrected chi connectivity index (χ1v) is 21.2. The van der Waals surface area contributed by atoms with E-state index in [4.69, 9.17) is 28.2 Å². The first-order valence-electron chi connectivity index (χ1n) is 20.5. The van der Waals surface area contributed by atoms with Crippen molar-refractivity contribution in [2.24, 2.45) is 24.9 Å². The van der Waals surface area contributed by atoms with Crippen LogP contribution in [-0.2, 0) is 51.4 Å². The number of benzene rings is 2. The summed E-state index contributed by atoms with van der Waals surface area (Å²) in [5, 5.41) is 32.1. The van der Waals surface area contributed by atoms with Gasteiger partial charge in [0.05, 0.1) is 43.9 Å². The number of carboxylic acids is 2. The Kier molecular flexibility index (Phi) is 10.5. The van der Waals surface area contributed by atoms with Crippen molar-refractivity contribution in [3.05, 3.63) is 98.3 Å². The third-order valence-corrected chi connectivity index (χ3v) is 14.3. The van der Waals surface area contributed by atoms with Crippen molar-refractivity contribution >= 4 is 58.3 Å². The summed E-state index contributed by atoms with van der Waals surface area (Å²) in [4.78, 5) is 64.6. The highest BCUT2D eigenvalue weighted by Crippen LogP contribution is 2.63. The van der Waals surface area contributed by atoms with Gasteiger partial charge in [-0.05, 0) is 68.7 Å². The summed E-state index contributed by atoms with van der Waals surface area (Å²) in [5.41, 5.74) is 5.66. The van der Waals surface area contributed by atoms with Crippen LogP contribution in [0.15, 0.2) is 42.5 Å². The van der Waals surface area contributed by atoms with Gasteiger partial charge in [0.1, 0.15) is 0 Å². The molecule has 4 aliphatic rings. The Morgan fingerprint density at radius 2 is 1.33 bits per heavy atom. The predicted molar refractivity (Wildman–Crippen MR) is 227 cm³/mol. The van der Waals surface area contributed by atoms with Gasteiger partial charge in [-0.25, -0.2) is 14.8 Å². The van der Waals surface area contributed by atoms with Gasteiger partial charge in [-0.2, -0.15) is 5.10 Å². The molecule has 2 aromatic carbocycles. The minimum Gasteiger partial charge on any atom is -0.481 e. The van der Waals surface area contributed by atoms with Crippen LogP contribution < -0.4 is 10.6 Å². The fourth-order valence-electron chi connectivity index (χ4n) is 10.1. The normalized spacial score (nSPS) is 21.0. The molecule has 18 heteroatoms. The van der Waals surface area contributed by atoms with E-state index in [1.807, 2.05) is 11.6 Å². The van der Waals surface area contributed by atoms with Crippen LogP contribution in [0.2, 0.25) is 10.0 Å². The number of aromatic carboxylic acids is 1. The molecule has 2 saturated carbocycles. The number of aromatic nitrogens is 6. The molecule has 0 spiro atoms. The maximum Gasteiger partial charge on any atom is 0.356 e. The molecule has 2 fully saturated rings. The number of carbonyl (C=O) groups excluding carboxylic acids is 2. The number of halogens is 2. The molecule has 9 rings (SSSR count). The summed E-state index contributed by atoms with van der Waals surface area (Å²) < 4.78 is 3.64. The molecule has 16 nitrogen and oxygen atoms in total. The van der Waals surface area contributed by atoms with Crippen LogP contribution in [0.3, 0.4) is 0 Å². The molecule has 318 valence electrons. The lowest BCUT2D eigenvalue weighted by molar-refractivity contribution is -0.148. The average molecular weight is 870 g/mol. The van der Waals surface area contributed by atoms with Crippen molar-refractivity contribution in [1.29, 1.82) is 0 Å². The second kappa shape index (κ2) is 15.7. The molecule has 2 bridgehead atoms. The Labute approximate surface area is 361 Å². The Morgan fingerprint density at radius 1 is 0.787 bits per heavy atom. The van der Waals surface area contributed by atoms with E-state index >= 15 is 0 Å². The van der Waals surface area contributed by atoms with E-state index in [0.717, 1.165) is 80.8 Å². The lowest BCUT2D eigenvalue weighted by atomic mass is 9.80. The number of hydrogen-bond donors (Lipinski definition) is 5. The van der Waals surface area contributed by atoms with E-state index in [0.29, 0.717) is 60.8 Å². The van der Waals surface area contributed by atoms with Crippen molar-refractivity contribution in [1.82, 2.24) is 39.1 Å². The summed E-state index contributed by atoms with van der Waals surface area (Å²) >= 11 is 13.9. The Balaban J connectivity index is 0.854. The molecule has 0 unspecified atom stereocenters. The van der Waals surface area contributed by atoms with Gasteiger partial charge in [0.2, 0.25) is 0 Å². The van der Waals surface area contributed by atoms with E-state index in [9.17, 15) is 29.4 Å². The summed E-state index contributed by atoms with van der Waals surface area (Å²) in [6, 6.07) is 12.0. The number of hydrogen-bond acceptors (Lipinski definition) is 9. The van der Waals surface area contributed by atoms with Gasteiger partial charge in [-0.1, -0.05) is 47.5 Å². The number of nitrogens with one attached hydrogen (secondary N) is 3. The minimum atomic E-state index is -1.10. The molecule has 0 radical (unpaired) electrons. The molecule has 2 amide bonds. The van der Waals surface area contributed by atoms with Crippen LogP contribution in [0.25, 0.3) is 11.1 Å². The van der Waals surface area contributed by atoms with Gasteiger partial charge in [0.25, 0.3) is 11.8 Å². The topological polar surface area (TPSA) is 204 Å². The van der Waals surface area contributed by atoms with Gasteiger partial charge >= 0.3 is 11.9 Å². The maximum atomic E-state index is 13.8. The average Bonchev–Trinajstić information content (AvgIpc) is 4.08. The summed E-state index contributed by atoms with van der Waals surface area (Å²) in [5.74, 6) is -2.07. The number of rotatable bonds is 12. The zero-order valence-electron chi connectivity index (χ0n) is 33.9. The predicted octanol–water partition coefficient (Wildman–Crippen LogP) is 6.39. The Hall–Kier alpha value is -5.55. The van der Waals surface area contributed by atoms with Gasteiger partial charge in [0.15, 0.2) is 17.3 Å². The number of imidazole rings is 2. The maximum absolute atomic E-state index is 13.8. The fourth-order valence-corrected chi connectivity index (χ4v) is 10.6. The van der Waals surface area contributed by atoms with E-state index in [-0.39, 0.29) is 32.8 Å². The summed E-state index contributed by atoms with van der Waals surface area (Å²) in [6.45, 7) is 3.97. The smallest absolute Gasteiger partial charge is 0.356 e. The molecule has 5 heterocycles. The SMILES string of the molecule is Cn1c(C(=O)Nc2cccc(-c3cccc(NC(=O)c4nc5c(n4C)CCN(Cc4cc(C(=O)O)n[nH]4)C5)c3Cl)c2Cl)nc2c1CCN(CCC13CCC(C(=O)O)(CC1)C3)C2. The van der Waals surface area contributed by atoms with E-state index < -0.39 is 29.2 Å². The molecule has 2 aliphatic carbocycles. The molecular weight excluding hydrogens is 823 g/mol. The van der Waals surface area contributed by atoms with Crippen LogP contribution in [0.5, 0.6) is 0 Å². The van der Waals surface area contributed by atoms with E-state index in [2.05, 4.69) is 35.6 Å². The number of aliphatic carboxylic acids is 1. The lowest BCUT2D eigenvalue weighted by Gasteiger charge is -2.32. The number of aromatic amines is 1. The molecule has 2 aliphatic heterocycles. The standard InChI is InChI=1S/C43H46Cl2N10O6/c1-52-32-9-16-54(18-15-42-11-13-43(23-42,14-12-42)41(60)61)21-30(32)46-36(52)38(56)48-27-7-3-5-25(34(27)44)26-6-4-8-28(35(26)45)49-39(57)37-47-31-22-55(17-10-33(31)53(37)2)20-24-19-29(40(58)59)51-50-24/h3-8,19H,9-18,20-23H2,1-2H3,(H,48,56)(H,49,57)(H,50,51)(H,58,59)(H,60,61). The van der Waals surface area contributed by atoms with E-state index in [1.165, 1.54) is 6.07 Å². The Morgan fingerprint density at radius 3 is 1.84 bits per heavy atom. The van der Waals surface area contributed by atoms with Crippen LogP contribution in [0.1, 0.15) is 98.7 Å². The van der Waals surface area contributed by atoms with E-state index in [1.54, 1.807) is 48.0 Å². The second-order valence-corrected chi connectivity index (χ2v) is 17.9. The largest absolute Gasteiger partial charge is 0.481 e. The highest BCUT2D eigenvalue weighted by atomic mass is 35.5. The number of carbonyl (C=O) groups is 4. The third-order valence-electron chi connectivity index (χ3n) is 13.5. The number of fused-ring (bicyclic) bond motifs is 4. The van der Waals surface area contributed by atoms with Crippen molar-refractivity contribution in [2.45, 2.75) is 71.0 Å². The third kappa shape index (κ3) is 7.49. The van der Waals surface area contributed by atoms with Gasteiger partial charge in [-0.15, -0.1) is 0 Å². The number of anilines is 2. The first kappa shape index (κ1) is 40.8. The van der Waals surface area contributed by atoms with Gasteiger partial charge in [-0.3, -0.25) is 29.3 Å². The number of H-pyrrole nitrogens is 1. The Bertz CT molecular complexity index is 2610. The summed E-state index contributed by atoms with van der Waals surface area (Å²) in [6.07, 6.45) is 6.69. The van der Waals surface area contributed by atoms with Gasteiger partial charge in [0, 0.05) is 82.2 Å². The molecule has 0 atom stereocenters. The second-order valence-electron chi connectivity index (χ2n) is 17.1. The zero-order valence-corrected chi connectivity index (χ0v) is 35.4. The van der Waals surface area contributed by atoms with Crippen molar-refractivity contribution < 1.29 is 29.4 Å². The number of nitrogens with zero attached hydrogens (tertiary/aromatic N) is 7. The highest BCUT2D eigenvalue weighted by molar-refractivity contribution is 6.40. The number of amides is 2. The molecule has 5 aromatic rings. The van der Waals surface area contributed by atoms with Crippen LogP contribution in [-0.4, -0.2) is 92.7 Å². The van der Waals surface area contributed by atoms with Crippen molar-refractivity contribution in [3.63, 3.8) is 0 Å². The van der Waals surface area contributed by atoms with Crippen LogP contribution in [0.4, 0.5) is 11.4 Å². The van der Waals surface area contributed by atoms with Crippen molar-refractivity contribution in [3.8, 4) is 11.1 Å². The summed E-state index contributed by atoms with van der Waals surface area (Å²) in [7, 11) is 3.66. The molecule has 0 saturated heterocycles. The fraction of sp³-hybridized carbons (Fsp3) is 0.419. The zero-order chi connectivity index (χ0) is 42.8. The molecular formula is C43H46Cl2N10O6. The highest BCUT2D eigenvalue weighted by Gasteiger charge is 2.57. The molecule has 3 aromatic heterocycles.